The first kappa shape index (κ1) is 16.8. The maximum absolute atomic E-state index is 12.9. The van der Waals surface area contributed by atoms with E-state index in [4.69, 9.17) is 16.0 Å². The van der Waals surface area contributed by atoms with E-state index in [0.29, 0.717) is 5.92 Å². The monoisotopic (exact) mass is 380 g/mol. The number of halogens is 1. The lowest BCUT2D eigenvalue weighted by Crippen LogP contribution is -2.39. The third-order valence-corrected chi connectivity index (χ3v) is 6.22. The number of carbonyl (C=O) groups excluding carboxylic acids is 1. The molecule has 5 heteroatoms. The van der Waals surface area contributed by atoms with Gasteiger partial charge in [-0.1, -0.05) is 41.9 Å². The van der Waals surface area contributed by atoms with E-state index in [1.807, 2.05) is 53.4 Å². The summed E-state index contributed by atoms with van der Waals surface area (Å²) in [5.74, 6) is 1.74. The molecule has 4 nitrogen and oxygen atoms in total. The number of amides is 1. The Bertz CT molecular complexity index is 958. The second-order valence-electron chi connectivity index (χ2n) is 7.59. The van der Waals surface area contributed by atoms with Gasteiger partial charge in [0.05, 0.1) is 0 Å². The van der Waals surface area contributed by atoms with Crippen molar-refractivity contribution in [1.82, 2.24) is 9.88 Å². The minimum absolute atomic E-state index is 0.0887. The topological polar surface area (TPSA) is 46.3 Å². The van der Waals surface area contributed by atoms with Crippen LogP contribution in [0.1, 0.15) is 42.6 Å². The SMILES string of the molecule is O=C(C1CC1c1ccccc1Cl)N1CCC(c2nc3ccccc3o2)CC1. The first-order chi connectivity index (χ1) is 13.2. The lowest BCUT2D eigenvalue weighted by molar-refractivity contribution is -0.133. The average Bonchev–Trinajstić information content (AvgIpc) is 3.37. The van der Waals surface area contributed by atoms with Gasteiger partial charge < -0.3 is 9.32 Å². The zero-order valence-electron chi connectivity index (χ0n) is 15.0. The number of fused-ring (bicyclic) bond motifs is 1. The summed E-state index contributed by atoms with van der Waals surface area (Å²) in [6.45, 7) is 1.54. The van der Waals surface area contributed by atoms with Crippen LogP contribution in [0.3, 0.4) is 0 Å². The number of likely N-dealkylation sites (tertiary alicyclic amines) is 1. The number of benzene rings is 2. The fourth-order valence-corrected chi connectivity index (χ4v) is 4.51. The van der Waals surface area contributed by atoms with E-state index in [-0.39, 0.29) is 17.7 Å². The third kappa shape index (κ3) is 3.12. The fraction of sp³-hybridized carbons (Fsp3) is 0.364. The molecule has 0 spiro atoms. The first-order valence-electron chi connectivity index (χ1n) is 9.59. The molecular weight excluding hydrogens is 360 g/mol. The third-order valence-electron chi connectivity index (χ3n) is 5.88. The van der Waals surface area contributed by atoms with Gasteiger partial charge in [0.15, 0.2) is 11.5 Å². The van der Waals surface area contributed by atoms with Gasteiger partial charge in [0.1, 0.15) is 5.52 Å². The van der Waals surface area contributed by atoms with Crippen molar-refractivity contribution in [2.45, 2.75) is 31.1 Å². The highest BCUT2D eigenvalue weighted by Gasteiger charge is 2.47. The zero-order valence-corrected chi connectivity index (χ0v) is 15.7. The van der Waals surface area contributed by atoms with Crippen LogP contribution >= 0.6 is 11.6 Å². The smallest absolute Gasteiger partial charge is 0.226 e. The minimum Gasteiger partial charge on any atom is -0.440 e. The second kappa shape index (κ2) is 6.68. The molecule has 2 unspecified atom stereocenters. The predicted octanol–water partition coefficient (Wildman–Crippen LogP) is 4.99. The van der Waals surface area contributed by atoms with E-state index in [9.17, 15) is 4.79 Å². The molecule has 1 amide bonds. The number of hydrogen-bond donors (Lipinski definition) is 0. The van der Waals surface area contributed by atoms with Crippen LogP contribution in [0.25, 0.3) is 11.1 Å². The molecule has 3 aromatic rings. The van der Waals surface area contributed by atoms with Crippen molar-refractivity contribution in [3.8, 4) is 0 Å². The Morgan fingerprint density at radius 1 is 1.07 bits per heavy atom. The molecule has 27 heavy (non-hydrogen) atoms. The van der Waals surface area contributed by atoms with Crippen LogP contribution < -0.4 is 0 Å². The summed E-state index contributed by atoms with van der Waals surface area (Å²) in [4.78, 5) is 19.5. The van der Waals surface area contributed by atoms with Crippen molar-refractivity contribution in [2.24, 2.45) is 5.92 Å². The largest absolute Gasteiger partial charge is 0.440 e. The normalized spacial score (nSPS) is 22.9. The highest BCUT2D eigenvalue weighted by atomic mass is 35.5. The van der Waals surface area contributed by atoms with Crippen LogP contribution in [0.2, 0.25) is 5.02 Å². The van der Waals surface area contributed by atoms with Gasteiger partial charge in [-0.25, -0.2) is 4.98 Å². The number of nitrogens with zero attached hydrogens (tertiary/aromatic N) is 2. The molecular formula is C22H21ClN2O2. The average molecular weight is 381 g/mol. The van der Waals surface area contributed by atoms with E-state index in [1.54, 1.807) is 0 Å². The molecule has 1 saturated heterocycles. The Kier molecular flexibility index (Phi) is 4.16. The highest BCUT2D eigenvalue weighted by Crippen LogP contribution is 2.50. The molecule has 2 aromatic carbocycles. The van der Waals surface area contributed by atoms with Crippen LogP contribution in [0.5, 0.6) is 0 Å². The van der Waals surface area contributed by atoms with Gasteiger partial charge in [-0.3, -0.25) is 4.79 Å². The Hall–Kier alpha value is -2.33. The highest BCUT2D eigenvalue weighted by molar-refractivity contribution is 6.31. The number of carbonyl (C=O) groups is 1. The van der Waals surface area contributed by atoms with Gasteiger partial charge in [0.2, 0.25) is 5.91 Å². The molecule has 1 aromatic heterocycles. The summed E-state index contributed by atoms with van der Waals surface area (Å²) in [7, 11) is 0. The number of oxazole rings is 1. The maximum Gasteiger partial charge on any atom is 0.226 e. The van der Waals surface area contributed by atoms with Gasteiger partial charge >= 0.3 is 0 Å². The Morgan fingerprint density at radius 2 is 1.81 bits per heavy atom. The van der Waals surface area contributed by atoms with Crippen molar-refractivity contribution in [3.05, 3.63) is 65.0 Å². The van der Waals surface area contributed by atoms with Crippen LogP contribution in [0.15, 0.2) is 52.9 Å². The molecule has 138 valence electrons. The van der Waals surface area contributed by atoms with Crippen molar-refractivity contribution < 1.29 is 9.21 Å². The Labute approximate surface area is 163 Å². The molecule has 2 aliphatic rings. The quantitative estimate of drug-likeness (QED) is 0.643. The lowest BCUT2D eigenvalue weighted by atomic mass is 9.96. The number of rotatable bonds is 3. The lowest BCUT2D eigenvalue weighted by Gasteiger charge is -2.31. The predicted molar refractivity (Wildman–Crippen MR) is 105 cm³/mol. The summed E-state index contributed by atoms with van der Waals surface area (Å²) in [5, 5.41) is 0.771. The molecule has 2 atom stereocenters. The molecule has 5 rings (SSSR count). The first-order valence-corrected chi connectivity index (χ1v) is 9.97. The summed E-state index contributed by atoms with van der Waals surface area (Å²) < 4.78 is 5.92. The number of hydrogen-bond acceptors (Lipinski definition) is 3. The summed E-state index contributed by atoms with van der Waals surface area (Å²) >= 11 is 6.29. The summed E-state index contributed by atoms with van der Waals surface area (Å²) in [5.41, 5.74) is 2.86. The Morgan fingerprint density at radius 3 is 2.59 bits per heavy atom. The van der Waals surface area contributed by atoms with Gasteiger partial charge in [-0.2, -0.15) is 0 Å². The number of aromatic nitrogens is 1. The molecule has 1 saturated carbocycles. The van der Waals surface area contributed by atoms with Crippen LogP contribution in [0.4, 0.5) is 0 Å². The molecule has 0 radical (unpaired) electrons. The Balaban J connectivity index is 1.22. The van der Waals surface area contributed by atoms with Crippen molar-refractivity contribution >= 4 is 28.6 Å². The number of piperidine rings is 1. The van der Waals surface area contributed by atoms with Gasteiger partial charge in [0, 0.05) is 29.9 Å². The molecule has 2 heterocycles. The second-order valence-corrected chi connectivity index (χ2v) is 8.00. The van der Waals surface area contributed by atoms with Crippen LogP contribution in [0, 0.1) is 5.92 Å². The van der Waals surface area contributed by atoms with Crippen molar-refractivity contribution in [3.63, 3.8) is 0 Å². The van der Waals surface area contributed by atoms with Crippen molar-refractivity contribution in [2.75, 3.05) is 13.1 Å². The summed E-state index contributed by atoms with van der Waals surface area (Å²) in [6.07, 6.45) is 2.72. The minimum atomic E-state index is 0.0887. The van der Waals surface area contributed by atoms with Gasteiger partial charge in [0.25, 0.3) is 0 Å². The number of para-hydroxylation sites is 2. The van der Waals surface area contributed by atoms with E-state index in [0.717, 1.165) is 59.9 Å². The van der Waals surface area contributed by atoms with E-state index in [2.05, 4.69) is 4.98 Å². The van der Waals surface area contributed by atoms with Crippen molar-refractivity contribution in [1.29, 1.82) is 0 Å². The van der Waals surface area contributed by atoms with E-state index in [1.165, 1.54) is 0 Å². The molecule has 1 aliphatic heterocycles. The maximum atomic E-state index is 12.9. The molecule has 0 bridgehead atoms. The fourth-order valence-electron chi connectivity index (χ4n) is 4.23. The standard InChI is InChI=1S/C22H21ClN2O2/c23-18-6-2-1-5-15(18)16-13-17(16)22(26)25-11-9-14(10-12-25)21-24-19-7-3-4-8-20(19)27-21/h1-8,14,16-17H,9-13H2. The van der Waals surface area contributed by atoms with E-state index >= 15 is 0 Å². The van der Waals surface area contributed by atoms with E-state index < -0.39 is 0 Å². The molecule has 0 N–H and O–H groups in total. The van der Waals surface area contributed by atoms with Gasteiger partial charge in [-0.15, -0.1) is 0 Å². The zero-order chi connectivity index (χ0) is 18.4. The molecule has 2 fully saturated rings. The summed E-state index contributed by atoms with van der Waals surface area (Å²) in [6, 6.07) is 15.7. The van der Waals surface area contributed by atoms with Gasteiger partial charge in [-0.05, 0) is 48.9 Å². The molecule has 1 aliphatic carbocycles. The van der Waals surface area contributed by atoms with Crippen LogP contribution in [-0.4, -0.2) is 28.9 Å². The van der Waals surface area contributed by atoms with Crippen LogP contribution in [-0.2, 0) is 4.79 Å².